The van der Waals surface area contributed by atoms with Gasteiger partial charge in [-0.15, -0.1) is 11.3 Å². The van der Waals surface area contributed by atoms with Crippen LogP contribution >= 0.6 is 11.3 Å². The van der Waals surface area contributed by atoms with E-state index in [1.165, 1.54) is 21.2 Å². The summed E-state index contributed by atoms with van der Waals surface area (Å²) in [5.74, 6) is 2.29. The predicted octanol–water partition coefficient (Wildman–Crippen LogP) is 13.5. The van der Waals surface area contributed by atoms with Gasteiger partial charge in [0, 0.05) is 36.9 Å². The van der Waals surface area contributed by atoms with Gasteiger partial charge in [0.15, 0.2) is 23.1 Å². The molecule has 0 fully saturated rings. The van der Waals surface area contributed by atoms with Crippen molar-refractivity contribution in [2.75, 3.05) is 0 Å². The molecule has 0 amide bonds. The van der Waals surface area contributed by atoms with Gasteiger partial charge in [-0.25, -0.2) is 19.9 Å². The number of aromatic nitrogens is 4. The Morgan fingerprint density at radius 3 is 1.59 bits per heavy atom. The van der Waals surface area contributed by atoms with Crippen molar-refractivity contribution in [1.29, 1.82) is 0 Å². The molecule has 11 aromatic rings. The predicted molar refractivity (Wildman–Crippen MR) is 230 cm³/mol. The van der Waals surface area contributed by atoms with Crippen LogP contribution in [0, 0.1) is 0 Å². The fourth-order valence-electron chi connectivity index (χ4n) is 7.53. The van der Waals surface area contributed by atoms with Gasteiger partial charge in [0.25, 0.3) is 0 Å². The van der Waals surface area contributed by atoms with Gasteiger partial charge < -0.3 is 4.42 Å². The van der Waals surface area contributed by atoms with Crippen LogP contribution < -0.4 is 0 Å². The molecule has 0 radical (unpaired) electrons. The maximum absolute atomic E-state index is 6.63. The summed E-state index contributed by atoms with van der Waals surface area (Å²) in [6.45, 7) is 0. The molecule has 0 unspecified atom stereocenters. The minimum atomic E-state index is 0.551. The average Bonchev–Trinajstić information content (AvgIpc) is 3.87. The molecular weight excluding hydrogens is 705 g/mol. The monoisotopic (exact) mass is 734 g/mol. The Balaban J connectivity index is 1.08. The minimum Gasteiger partial charge on any atom is -0.436 e. The standard InChI is InChI=1S/C50H30N4OS/c1-3-11-31(12-4-1)33-19-21-34(22-20-33)35-23-26-37(27-24-35)48-52-47(36-14-5-2-6-15-36)53-49(54-48)44-45-42(30-41-40-17-9-10-18-43(40)56-46(41)44)55-50(51-45)39-28-25-32-13-7-8-16-38(32)29-39/h1-30H. The first kappa shape index (κ1) is 32.2. The summed E-state index contributed by atoms with van der Waals surface area (Å²) >= 11 is 1.73. The lowest BCUT2D eigenvalue weighted by Crippen LogP contribution is -2.00. The van der Waals surface area contributed by atoms with Gasteiger partial charge in [0.05, 0.1) is 5.56 Å². The summed E-state index contributed by atoms with van der Waals surface area (Å²) in [7, 11) is 0. The van der Waals surface area contributed by atoms with Crippen LogP contribution in [0.1, 0.15) is 0 Å². The summed E-state index contributed by atoms with van der Waals surface area (Å²) in [5, 5.41) is 4.54. The van der Waals surface area contributed by atoms with E-state index in [-0.39, 0.29) is 0 Å². The van der Waals surface area contributed by atoms with E-state index in [9.17, 15) is 0 Å². The fourth-order valence-corrected chi connectivity index (χ4v) is 8.75. The maximum atomic E-state index is 6.63. The molecule has 11 rings (SSSR count). The summed E-state index contributed by atoms with van der Waals surface area (Å²) in [6.07, 6.45) is 0. The molecule has 0 aliphatic heterocycles. The second-order valence-electron chi connectivity index (χ2n) is 13.8. The number of hydrogen-bond acceptors (Lipinski definition) is 6. The van der Waals surface area contributed by atoms with Crippen molar-refractivity contribution in [3.05, 3.63) is 182 Å². The van der Waals surface area contributed by atoms with Gasteiger partial charge in [-0.1, -0.05) is 158 Å². The van der Waals surface area contributed by atoms with E-state index in [1.807, 2.05) is 36.4 Å². The van der Waals surface area contributed by atoms with Crippen LogP contribution in [-0.2, 0) is 0 Å². The van der Waals surface area contributed by atoms with Gasteiger partial charge in [0.1, 0.15) is 5.52 Å². The number of fused-ring (bicyclic) bond motifs is 5. The molecule has 5 nitrogen and oxygen atoms in total. The third-order valence-electron chi connectivity index (χ3n) is 10.4. The van der Waals surface area contributed by atoms with Crippen LogP contribution in [0.2, 0.25) is 0 Å². The van der Waals surface area contributed by atoms with E-state index in [0.717, 1.165) is 59.8 Å². The van der Waals surface area contributed by atoms with Crippen molar-refractivity contribution < 1.29 is 4.42 Å². The highest BCUT2D eigenvalue weighted by atomic mass is 32.1. The SMILES string of the molecule is c1ccc(-c2ccc(-c3ccc(-c4nc(-c5ccccc5)nc(-c5c6nc(-c7ccc8ccccc8c7)oc6cc6c5sc5ccccc56)n4)cc3)cc2)cc1. The molecule has 8 aromatic carbocycles. The van der Waals surface area contributed by atoms with E-state index in [1.54, 1.807) is 11.3 Å². The van der Waals surface area contributed by atoms with Crippen LogP contribution in [0.15, 0.2) is 186 Å². The van der Waals surface area contributed by atoms with Crippen molar-refractivity contribution in [2.45, 2.75) is 0 Å². The van der Waals surface area contributed by atoms with Crippen LogP contribution in [0.4, 0.5) is 0 Å². The molecule has 0 aliphatic rings. The third kappa shape index (κ3) is 5.63. The Bertz CT molecular complexity index is 3230. The quantitative estimate of drug-likeness (QED) is 0.170. The number of thiophene rings is 1. The largest absolute Gasteiger partial charge is 0.436 e. The zero-order chi connectivity index (χ0) is 37.0. The van der Waals surface area contributed by atoms with Crippen LogP contribution in [0.5, 0.6) is 0 Å². The summed E-state index contributed by atoms with van der Waals surface area (Å²) in [6, 6.07) is 62.9. The summed E-state index contributed by atoms with van der Waals surface area (Å²) in [4.78, 5) is 20.7. The summed E-state index contributed by atoms with van der Waals surface area (Å²) in [5.41, 5.74) is 9.61. The van der Waals surface area contributed by atoms with Gasteiger partial charge >= 0.3 is 0 Å². The van der Waals surface area contributed by atoms with Crippen molar-refractivity contribution in [3.63, 3.8) is 0 Å². The minimum absolute atomic E-state index is 0.551. The molecular formula is C50H30N4OS. The van der Waals surface area contributed by atoms with Crippen molar-refractivity contribution in [2.24, 2.45) is 0 Å². The molecule has 3 aromatic heterocycles. The molecule has 0 saturated carbocycles. The number of rotatable bonds is 6. The number of oxazole rings is 1. The van der Waals surface area contributed by atoms with E-state index < -0.39 is 0 Å². The maximum Gasteiger partial charge on any atom is 0.227 e. The molecule has 0 N–H and O–H groups in total. The highest BCUT2D eigenvalue weighted by Crippen LogP contribution is 2.45. The Morgan fingerprint density at radius 2 is 0.893 bits per heavy atom. The molecule has 0 aliphatic carbocycles. The molecule has 56 heavy (non-hydrogen) atoms. The van der Waals surface area contributed by atoms with E-state index in [0.29, 0.717) is 28.9 Å². The molecule has 0 saturated heterocycles. The first-order valence-electron chi connectivity index (χ1n) is 18.5. The van der Waals surface area contributed by atoms with Crippen LogP contribution in [0.25, 0.3) is 110 Å². The molecule has 0 bridgehead atoms. The zero-order valence-electron chi connectivity index (χ0n) is 29.9. The third-order valence-corrected chi connectivity index (χ3v) is 11.6. The molecule has 6 heteroatoms. The normalized spacial score (nSPS) is 11.6. The van der Waals surface area contributed by atoms with Crippen molar-refractivity contribution in [1.82, 2.24) is 19.9 Å². The average molecular weight is 735 g/mol. The van der Waals surface area contributed by atoms with E-state index in [2.05, 4.69) is 146 Å². The second kappa shape index (κ2) is 13.2. The van der Waals surface area contributed by atoms with Gasteiger partial charge in [0.2, 0.25) is 5.89 Å². The molecule has 0 spiro atoms. The first-order valence-corrected chi connectivity index (χ1v) is 19.4. The Morgan fingerprint density at radius 1 is 0.375 bits per heavy atom. The Hall–Kier alpha value is -7.28. The van der Waals surface area contributed by atoms with E-state index >= 15 is 0 Å². The number of benzene rings is 8. The fraction of sp³-hybridized carbons (Fsp3) is 0. The van der Waals surface area contributed by atoms with E-state index in [4.69, 9.17) is 24.4 Å². The lowest BCUT2D eigenvalue weighted by Gasteiger charge is -2.10. The Kier molecular flexibility index (Phi) is 7.60. The van der Waals surface area contributed by atoms with Gasteiger partial charge in [-0.3, -0.25) is 0 Å². The lowest BCUT2D eigenvalue weighted by molar-refractivity contribution is 0.620. The summed E-state index contributed by atoms with van der Waals surface area (Å²) < 4.78 is 8.87. The highest BCUT2D eigenvalue weighted by molar-refractivity contribution is 7.26. The van der Waals surface area contributed by atoms with Gasteiger partial charge in [-0.2, -0.15) is 0 Å². The topological polar surface area (TPSA) is 64.7 Å². The molecule has 3 heterocycles. The zero-order valence-corrected chi connectivity index (χ0v) is 30.7. The van der Waals surface area contributed by atoms with Crippen molar-refractivity contribution >= 4 is 53.4 Å². The van der Waals surface area contributed by atoms with Crippen molar-refractivity contribution in [3.8, 4) is 67.9 Å². The lowest BCUT2D eigenvalue weighted by atomic mass is 9.99. The first-order chi connectivity index (χ1) is 27.7. The highest BCUT2D eigenvalue weighted by Gasteiger charge is 2.23. The van der Waals surface area contributed by atoms with Crippen LogP contribution in [0.3, 0.4) is 0 Å². The number of nitrogens with zero attached hydrogens (tertiary/aromatic N) is 4. The molecule has 262 valence electrons. The number of hydrogen-bond donors (Lipinski definition) is 0. The van der Waals surface area contributed by atoms with Crippen LogP contribution in [-0.4, -0.2) is 19.9 Å². The van der Waals surface area contributed by atoms with Gasteiger partial charge in [-0.05, 0) is 57.3 Å². The second-order valence-corrected chi connectivity index (χ2v) is 14.9. The molecule has 0 atom stereocenters. The smallest absolute Gasteiger partial charge is 0.227 e. The Labute approximate surface area is 326 Å².